The molecule has 1 aromatic heterocycles. The van der Waals surface area contributed by atoms with Crippen LogP contribution in [0.15, 0.2) is 42.5 Å². The molecule has 88 valence electrons. The predicted molar refractivity (Wildman–Crippen MR) is 68.2 cm³/mol. The topological polar surface area (TPSA) is 28.2 Å². The van der Waals surface area contributed by atoms with E-state index in [9.17, 15) is 4.39 Å². The van der Waals surface area contributed by atoms with Gasteiger partial charge in [-0.3, -0.25) is 0 Å². The third-order valence-corrected chi connectivity index (χ3v) is 2.55. The van der Waals surface area contributed by atoms with Crippen molar-refractivity contribution in [3.8, 4) is 0 Å². The van der Waals surface area contributed by atoms with Crippen molar-refractivity contribution in [1.82, 2.24) is 4.98 Å². The zero-order valence-electron chi connectivity index (χ0n) is 9.81. The number of anilines is 3. The summed E-state index contributed by atoms with van der Waals surface area (Å²) in [6.45, 7) is 0. The summed E-state index contributed by atoms with van der Waals surface area (Å²) in [7, 11) is 3.72. The molecule has 0 aliphatic heterocycles. The van der Waals surface area contributed by atoms with E-state index in [-0.39, 0.29) is 5.82 Å². The Morgan fingerprint density at radius 3 is 2.47 bits per heavy atom. The number of hydrogen-bond donors (Lipinski definition) is 1. The molecule has 0 radical (unpaired) electrons. The van der Waals surface area contributed by atoms with Gasteiger partial charge in [-0.25, -0.2) is 9.37 Å². The summed E-state index contributed by atoms with van der Waals surface area (Å²) in [4.78, 5) is 6.31. The minimum Gasteiger partial charge on any atom is -0.373 e. The monoisotopic (exact) mass is 231 g/mol. The van der Waals surface area contributed by atoms with Crippen molar-refractivity contribution in [2.24, 2.45) is 0 Å². The third-order valence-electron chi connectivity index (χ3n) is 2.55. The maximum Gasteiger partial charge on any atom is 0.135 e. The number of halogens is 1. The van der Waals surface area contributed by atoms with Crippen LogP contribution in [0.4, 0.5) is 21.7 Å². The van der Waals surface area contributed by atoms with Crippen molar-refractivity contribution < 1.29 is 4.39 Å². The molecule has 0 spiro atoms. The Morgan fingerprint density at radius 2 is 1.82 bits per heavy atom. The van der Waals surface area contributed by atoms with Gasteiger partial charge in [0, 0.05) is 19.8 Å². The highest BCUT2D eigenvalue weighted by Crippen LogP contribution is 2.22. The molecule has 0 fully saturated rings. The fourth-order valence-electron chi connectivity index (χ4n) is 1.55. The molecule has 0 amide bonds. The zero-order valence-corrected chi connectivity index (χ0v) is 9.81. The van der Waals surface area contributed by atoms with E-state index >= 15 is 0 Å². The lowest BCUT2D eigenvalue weighted by molar-refractivity contribution is 0.628. The highest BCUT2D eigenvalue weighted by Gasteiger charge is 2.05. The number of nitrogens with zero attached hydrogens (tertiary/aromatic N) is 2. The Kier molecular flexibility index (Phi) is 3.23. The fraction of sp³-hybridized carbons (Fsp3) is 0.154. The highest BCUT2D eigenvalue weighted by molar-refractivity contribution is 5.60. The van der Waals surface area contributed by atoms with Gasteiger partial charge in [-0.05, 0) is 36.4 Å². The molecule has 0 atom stereocenters. The van der Waals surface area contributed by atoms with Gasteiger partial charge in [0.2, 0.25) is 0 Å². The summed E-state index contributed by atoms with van der Waals surface area (Å²) >= 11 is 0. The first-order valence-corrected chi connectivity index (χ1v) is 5.35. The smallest absolute Gasteiger partial charge is 0.135 e. The van der Waals surface area contributed by atoms with Gasteiger partial charge < -0.3 is 10.2 Å². The van der Waals surface area contributed by atoms with E-state index in [1.165, 1.54) is 12.1 Å². The average Bonchev–Trinajstić information content (AvgIpc) is 2.39. The summed E-state index contributed by atoms with van der Waals surface area (Å²) in [5, 5.41) is 2.99. The molecule has 1 aromatic carbocycles. The lowest BCUT2D eigenvalue weighted by Crippen LogP contribution is -2.11. The Hall–Kier alpha value is -2.10. The van der Waals surface area contributed by atoms with Crippen LogP contribution in [0.3, 0.4) is 0 Å². The van der Waals surface area contributed by atoms with Gasteiger partial charge in [0.15, 0.2) is 0 Å². The van der Waals surface area contributed by atoms with Crippen LogP contribution in [-0.2, 0) is 0 Å². The second-order valence-corrected chi connectivity index (χ2v) is 3.67. The van der Waals surface area contributed by atoms with Crippen LogP contribution in [0.1, 0.15) is 0 Å². The van der Waals surface area contributed by atoms with E-state index in [1.807, 2.05) is 37.2 Å². The molecule has 0 saturated heterocycles. The number of benzene rings is 1. The van der Waals surface area contributed by atoms with Gasteiger partial charge in [-0.1, -0.05) is 6.07 Å². The molecular formula is C13H14FN3. The Labute approximate surface area is 99.9 Å². The van der Waals surface area contributed by atoms with Crippen LogP contribution < -0.4 is 10.2 Å². The first kappa shape index (κ1) is 11.4. The van der Waals surface area contributed by atoms with Crippen molar-refractivity contribution in [2.75, 3.05) is 24.3 Å². The molecule has 4 heteroatoms. The van der Waals surface area contributed by atoms with Crippen LogP contribution in [0.2, 0.25) is 0 Å². The van der Waals surface area contributed by atoms with Crippen LogP contribution in [0.25, 0.3) is 0 Å². The number of aromatic nitrogens is 1. The molecule has 0 aliphatic rings. The molecule has 0 aliphatic carbocycles. The number of hydrogen-bond acceptors (Lipinski definition) is 3. The van der Waals surface area contributed by atoms with Crippen molar-refractivity contribution >= 4 is 17.3 Å². The van der Waals surface area contributed by atoms with Crippen molar-refractivity contribution in [3.05, 3.63) is 48.3 Å². The van der Waals surface area contributed by atoms with E-state index in [0.717, 1.165) is 17.3 Å². The molecule has 1 heterocycles. The summed E-state index contributed by atoms with van der Waals surface area (Å²) < 4.78 is 12.8. The van der Waals surface area contributed by atoms with Gasteiger partial charge in [-0.2, -0.15) is 0 Å². The van der Waals surface area contributed by atoms with Gasteiger partial charge in [0.25, 0.3) is 0 Å². The maximum absolute atomic E-state index is 12.8. The van der Waals surface area contributed by atoms with Crippen LogP contribution in [0, 0.1) is 5.82 Å². The minimum atomic E-state index is -0.237. The number of rotatable bonds is 3. The van der Waals surface area contributed by atoms with Gasteiger partial charge in [0.1, 0.15) is 17.5 Å². The second-order valence-electron chi connectivity index (χ2n) is 3.67. The minimum absolute atomic E-state index is 0.237. The molecule has 2 aromatic rings. The first-order chi connectivity index (χ1) is 8.20. The molecule has 0 bridgehead atoms. The van der Waals surface area contributed by atoms with E-state index in [1.54, 1.807) is 12.1 Å². The summed E-state index contributed by atoms with van der Waals surface area (Å²) in [6.07, 6.45) is 0. The molecule has 3 nitrogen and oxygen atoms in total. The highest BCUT2D eigenvalue weighted by atomic mass is 19.1. The second kappa shape index (κ2) is 4.82. The van der Waals surface area contributed by atoms with Crippen molar-refractivity contribution in [1.29, 1.82) is 0 Å². The lowest BCUT2D eigenvalue weighted by atomic mass is 10.3. The molecule has 0 unspecified atom stereocenters. The average molecular weight is 231 g/mol. The molecule has 17 heavy (non-hydrogen) atoms. The van der Waals surface area contributed by atoms with Crippen molar-refractivity contribution in [3.63, 3.8) is 0 Å². The van der Waals surface area contributed by atoms with E-state index in [2.05, 4.69) is 10.3 Å². The SMILES string of the molecule is CNc1cccc(N(C)c2ccc(F)cc2)n1. The third kappa shape index (κ3) is 2.53. The molecule has 2 rings (SSSR count). The molecule has 0 saturated carbocycles. The van der Waals surface area contributed by atoms with Gasteiger partial charge in [0.05, 0.1) is 0 Å². The van der Waals surface area contributed by atoms with E-state index in [0.29, 0.717) is 0 Å². The maximum atomic E-state index is 12.8. The summed E-state index contributed by atoms with van der Waals surface area (Å²) in [5.41, 5.74) is 0.896. The number of nitrogens with one attached hydrogen (secondary N) is 1. The fourth-order valence-corrected chi connectivity index (χ4v) is 1.55. The van der Waals surface area contributed by atoms with Crippen molar-refractivity contribution in [2.45, 2.75) is 0 Å². The largest absolute Gasteiger partial charge is 0.373 e. The summed E-state index contributed by atoms with van der Waals surface area (Å²) in [6, 6.07) is 12.0. The van der Waals surface area contributed by atoms with Gasteiger partial charge >= 0.3 is 0 Å². The molecule has 1 N–H and O–H groups in total. The molecular weight excluding hydrogens is 217 g/mol. The van der Waals surface area contributed by atoms with Crippen LogP contribution in [-0.4, -0.2) is 19.1 Å². The van der Waals surface area contributed by atoms with E-state index in [4.69, 9.17) is 0 Å². The first-order valence-electron chi connectivity index (χ1n) is 5.35. The van der Waals surface area contributed by atoms with Gasteiger partial charge in [-0.15, -0.1) is 0 Å². The Bertz CT molecular complexity index is 496. The van der Waals surface area contributed by atoms with Crippen LogP contribution in [0.5, 0.6) is 0 Å². The van der Waals surface area contributed by atoms with E-state index < -0.39 is 0 Å². The quantitative estimate of drug-likeness (QED) is 0.880. The predicted octanol–water partition coefficient (Wildman–Crippen LogP) is 3.03. The van der Waals surface area contributed by atoms with Crippen LogP contribution >= 0.6 is 0 Å². The standard InChI is InChI=1S/C13H14FN3/c1-15-12-4-3-5-13(16-12)17(2)11-8-6-10(14)7-9-11/h3-9H,1-2H3,(H,15,16). The Balaban J connectivity index is 2.29. The lowest BCUT2D eigenvalue weighted by Gasteiger charge is -2.18. The Morgan fingerprint density at radius 1 is 1.12 bits per heavy atom. The zero-order chi connectivity index (χ0) is 12.3. The normalized spacial score (nSPS) is 10.1. The summed E-state index contributed by atoms with van der Waals surface area (Å²) in [5.74, 6) is 1.37. The number of pyridine rings is 1.